The average molecular weight is 416 g/mol. The molecule has 1 saturated carbocycles. The van der Waals surface area contributed by atoms with E-state index in [0.717, 1.165) is 30.6 Å². The number of amides is 2. The summed E-state index contributed by atoms with van der Waals surface area (Å²) in [6, 6.07) is 14.8. The van der Waals surface area contributed by atoms with Crippen molar-refractivity contribution in [2.75, 3.05) is 11.9 Å². The number of anilines is 1. The highest BCUT2D eigenvalue weighted by Gasteiger charge is 2.29. The lowest BCUT2D eigenvalue weighted by Gasteiger charge is -2.19. The standard InChI is InChI=1S/C22H25N3O3.ClH/c23-13-16-7-4-9-18(16)25-21(26)15-6-3-8-17(11-15)24-22(27)20-12-14-5-1-2-10-19(14)28-20;/h1-3,5-6,8,10-11,16,18,20H,4,7,9,12-13,23H2,(H,24,27)(H,25,26);1H. The average Bonchev–Trinajstić information content (AvgIpc) is 3.34. The zero-order valence-electron chi connectivity index (χ0n) is 16.1. The van der Waals surface area contributed by atoms with Crippen LogP contribution in [-0.4, -0.2) is 30.5 Å². The predicted molar refractivity (Wildman–Crippen MR) is 115 cm³/mol. The molecule has 154 valence electrons. The van der Waals surface area contributed by atoms with Gasteiger partial charge in [0.15, 0.2) is 6.10 Å². The molecule has 1 aliphatic carbocycles. The van der Waals surface area contributed by atoms with E-state index < -0.39 is 6.10 Å². The predicted octanol–water partition coefficient (Wildman–Crippen LogP) is 2.91. The molecule has 1 aliphatic heterocycles. The number of halogens is 1. The van der Waals surface area contributed by atoms with Crippen molar-refractivity contribution in [3.05, 3.63) is 59.7 Å². The smallest absolute Gasteiger partial charge is 0.265 e. The largest absolute Gasteiger partial charge is 0.480 e. The molecule has 2 aliphatic rings. The highest BCUT2D eigenvalue weighted by Crippen LogP contribution is 2.29. The second-order valence-corrected chi connectivity index (χ2v) is 7.50. The lowest BCUT2D eigenvalue weighted by molar-refractivity contribution is -0.122. The van der Waals surface area contributed by atoms with Crippen molar-refractivity contribution in [3.63, 3.8) is 0 Å². The van der Waals surface area contributed by atoms with Crippen molar-refractivity contribution >= 4 is 29.9 Å². The number of carbonyl (C=O) groups is 2. The summed E-state index contributed by atoms with van der Waals surface area (Å²) >= 11 is 0. The number of nitrogens with one attached hydrogen (secondary N) is 2. The van der Waals surface area contributed by atoms with Crippen LogP contribution in [0.5, 0.6) is 5.75 Å². The van der Waals surface area contributed by atoms with Crippen LogP contribution in [0.4, 0.5) is 5.69 Å². The molecule has 0 bridgehead atoms. The van der Waals surface area contributed by atoms with Gasteiger partial charge in [-0.25, -0.2) is 0 Å². The second kappa shape index (κ2) is 9.29. The van der Waals surface area contributed by atoms with Crippen molar-refractivity contribution in [1.29, 1.82) is 0 Å². The van der Waals surface area contributed by atoms with E-state index in [2.05, 4.69) is 10.6 Å². The molecule has 7 heteroatoms. The molecule has 0 saturated heterocycles. The number of para-hydroxylation sites is 1. The van der Waals surface area contributed by atoms with Gasteiger partial charge in [0, 0.05) is 23.7 Å². The number of hydrogen-bond acceptors (Lipinski definition) is 4. The lowest BCUT2D eigenvalue weighted by Crippen LogP contribution is -2.39. The van der Waals surface area contributed by atoms with E-state index in [1.165, 1.54) is 0 Å². The highest BCUT2D eigenvalue weighted by atomic mass is 35.5. The molecule has 3 unspecified atom stereocenters. The fourth-order valence-corrected chi connectivity index (χ4v) is 4.05. The molecule has 2 amide bonds. The summed E-state index contributed by atoms with van der Waals surface area (Å²) in [5, 5.41) is 5.95. The number of carbonyl (C=O) groups excluding carboxylic acids is 2. The zero-order valence-corrected chi connectivity index (χ0v) is 16.9. The van der Waals surface area contributed by atoms with E-state index in [9.17, 15) is 9.59 Å². The van der Waals surface area contributed by atoms with Gasteiger partial charge in [-0.15, -0.1) is 12.4 Å². The number of rotatable bonds is 5. The van der Waals surface area contributed by atoms with Crippen LogP contribution in [0.3, 0.4) is 0 Å². The van der Waals surface area contributed by atoms with Gasteiger partial charge < -0.3 is 21.1 Å². The molecule has 6 nitrogen and oxygen atoms in total. The first kappa shape index (κ1) is 21.1. The zero-order chi connectivity index (χ0) is 19.5. The third kappa shape index (κ3) is 4.71. The molecule has 29 heavy (non-hydrogen) atoms. The molecular weight excluding hydrogens is 390 g/mol. The third-order valence-corrected chi connectivity index (χ3v) is 5.61. The van der Waals surface area contributed by atoms with E-state index in [-0.39, 0.29) is 30.3 Å². The van der Waals surface area contributed by atoms with Crippen LogP contribution >= 0.6 is 12.4 Å². The Morgan fingerprint density at radius 1 is 1.10 bits per heavy atom. The molecule has 1 fully saturated rings. The van der Waals surface area contributed by atoms with Crippen molar-refractivity contribution in [3.8, 4) is 5.75 Å². The summed E-state index contributed by atoms with van der Waals surface area (Å²) in [7, 11) is 0. The maximum Gasteiger partial charge on any atom is 0.265 e. The van der Waals surface area contributed by atoms with Gasteiger partial charge in [-0.3, -0.25) is 9.59 Å². The van der Waals surface area contributed by atoms with Crippen LogP contribution in [0.25, 0.3) is 0 Å². The van der Waals surface area contributed by atoms with Crippen molar-refractivity contribution < 1.29 is 14.3 Å². The number of hydrogen-bond donors (Lipinski definition) is 3. The molecular formula is C22H26ClN3O3. The maximum absolute atomic E-state index is 12.6. The van der Waals surface area contributed by atoms with Crippen LogP contribution in [0.2, 0.25) is 0 Å². The first-order valence-electron chi connectivity index (χ1n) is 9.80. The molecule has 2 aromatic rings. The minimum absolute atomic E-state index is 0. The Morgan fingerprint density at radius 3 is 2.72 bits per heavy atom. The number of benzene rings is 2. The first-order chi connectivity index (χ1) is 13.6. The van der Waals surface area contributed by atoms with Gasteiger partial charge in [-0.2, -0.15) is 0 Å². The van der Waals surface area contributed by atoms with Gasteiger partial charge in [0.1, 0.15) is 5.75 Å². The van der Waals surface area contributed by atoms with Crippen molar-refractivity contribution in [2.45, 2.75) is 37.8 Å². The quantitative estimate of drug-likeness (QED) is 0.699. The summed E-state index contributed by atoms with van der Waals surface area (Å²) < 4.78 is 5.73. The Labute approximate surface area is 176 Å². The molecule has 2 aromatic carbocycles. The summed E-state index contributed by atoms with van der Waals surface area (Å²) in [5.41, 5.74) is 7.93. The minimum Gasteiger partial charge on any atom is -0.480 e. The third-order valence-electron chi connectivity index (χ3n) is 5.61. The van der Waals surface area contributed by atoms with Gasteiger partial charge in [0.2, 0.25) is 0 Å². The number of ether oxygens (including phenoxy) is 1. The molecule has 4 N–H and O–H groups in total. The summed E-state index contributed by atoms with van der Waals surface area (Å²) in [4.78, 5) is 25.2. The summed E-state index contributed by atoms with van der Waals surface area (Å²) in [6.45, 7) is 0.588. The number of fused-ring (bicyclic) bond motifs is 1. The highest BCUT2D eigenvalue weighted by molar-refractivity contribution is 5.98. The van der Waals surface area contributed by atoms with Gasteiger partial charge >= 0.3 is 0 Å². The first-order valence-corrected chi connectivity index (χ1v) is 9.80. The second-order valence-electron chi connectivity index (χ2n) is 7.50. The van der Waals surface area contributed by atoms with Crippen LogP contribution < -0.4 is 21.1 Å². The molecule has 0 aromatic heterocycles. The summed E-state index contributed by atoms with van der Waals surface area (Å²) in [6.07, 6.45) is 3.10. The van der Waals surface area contributed by atoms with E-state index in [1.54, 1.807) is 24.3 Å². The molecule has 4 rings (SSSR count). The van der Waals surface area contributed by atoms with Crippen LogP contribution in [0.15, 0.2) is 48.5 Å². The van der Waals surface area contributed by atoms with Gasteiger partial charge in [-0.05, 0) is 55.1 Å². The Bertz CT molecular complexity index is 864. The van der Waals surface area contributed by atoms with Gasteiger partial charge in [0.05, 0.1) is 0 Å². The van der Waals surface area contributed by atoms with E-state index in [0.29, 0.717) is 30.1 Å². The summed E-state index contributed by atoms with van der Waals surface area (Å²) in [5.74, 6) is 0.744. The fourth-order valence-electron chi connectivity index (χ4n) is 4.05. The van der Waals surface area contributed by atoms with Gasteiger partial charge in [0.25, 0.3) is 11.8 Å². The Hall–Kier alpha value is -2.57. The Morgan fingerprint density at radius 2 is 1.93 bits per heavy atom. The van der Waals surface area contributed by atoms with E-state index in [4.69, 9.17) is 10.5 Å². The van der Waals surface area contributed by atoms with Crippen molar-refractivity contribution in [1.82, 2.24) is 5.32 Å². The van der Waals surface area contributed by atoms with Crippen LogP contribution in [0, 0.1) is 5.92 Å². The fraction of sp³-hybridized carbons (Fsp3) is 0.364. The minimum atomic E-state index is -0.557. The Balaban J connectivity index is 0.00000240. The monoisotopic (exact) mass is 415 g/mol. The molecule has 3 atom stereocenters. The van der Waals surface area contributed by atoms with E-state index in [1.807, 2.05) is 24.3 Å². The molecule has 0 spiro atoms. The van der Waals surface area contributed by atoms with Crippen molar-refractivity contribution in [2.24, 2.45) is 11.7 Å². The number of nitrogens with two attached hydrogens (primary N) is 1. The lowest BCUT2D eigenvalue weighted by atomic mass is 10.0. The topological polar surface area (TPSA) is 93.5 Å². The van der Waals surface area contributed by atoms with Crippen LogP contribution in [-0.2, 0) is 11.2 Å². The molecule has 1 heterocycles. The Kier molecular flexibility index (Phi) is 6.77. The van der Waals surface area contributed by atoms with Gasteiger partial charge in [-0.1, -0.05) is 30.7 Å². The SMILES string of the molecule is Cl.NCC1CCCC1NC(=O)c1cccc(NC(=O)C2Cc3ccccc3O2)c1. The van der Waals surface area contributed by atoms with Crippen LogP contribution in [0.1, 0.15) is 35.2 Å². The maximum atomic E-state index is 12.6. The molecule has 0 radical (unpaired) electrons. The van der Waals surface area contributed by atoms with E-state index >= 15 is 0 Å². The normalized spacial score (nSPS) is 22.2.